The molecule has 2 aromatic rings. The summed E-state index contributed by atoms with van der Waals surface area (Å²) in [5, 5.41) is 3.54. The van der Waals surface area contributed by atoms with Crippen LogP contribution in [0.25, 0.3) is 10.9 Å². The van der Waals surface area contributed by atoms with E-state index in [1.54, 1.807) is 26.8 Å². The third kappa shape index (κ3) is 7.88. The molecule has 8 nitrogen and oxygen atoms in total. The highest BCUT2D eigenvalue weighted by molar-refractivity contribution is 5.92. The zero-order valence-electron chi connectivity index (χ0n) is 19.3. The first-order valence-electron chi connectivity index (χ1n) is 10.8. The predicted octanol–water partition coefficient (Wildman–Crippen LogP) is 3.20. The Morgan fingerprint density at radius 1 is 1.23 bits per heavy atom. The van der Waals surface area contributed by atoms with Gasteiger partial charge in [0, 0.05) is 23.6 Å². The lowest BCUT2D eigenvalue weighted by Gasteiger charge is -2.23. The van der Waals surface area contributed by atoms with E-state index in [4.69, 9.17) is 15.2 Å². The molecular weight excluding hydrogens is 396 g/mol. The number of rotatable bonds is 10. The molecule has 0 saturated heterocycles. The number of aromatic nitrogens is 1. The average molecular weight is 433 g/mol. The number of nitrogens with two attached hydrogens (primary N) is 1. The van der Waals surface area contributed by atoms with Crippen molar-refractivity contribution < 1.29 is 19.1 Å². The molecule has 0 spiro atoms. The molecule has 1 atom stereocenters. The average Bonchev–Trinajstić information content (AvgIpc) is 3.08. The van der Waals surface area contributed by atoms with Gasteiger partial charge in [0.05, 0.1) is 0 Å². The van der Waals surface area contributed by atoms with E-state index in [-0.39, 0.29) is 0 Å². The maximum Gasteiger partial charge on any atom is 0.408 e. The molecule has 0 aliphatic heterocycles. The van der Waals surface area contributed by atoms with Crippen LogP contribution in [0.2, 0.25) is 0 Å². The smallest absolute Gasteiger partial charge is 0.408 e. The summed E-state index contributed by atoms with van der Waals surface area (Å²) in [5.41, 5.74) is 6.90. The topological polar surface area (TPSA) is 110 Å². The van der Waals surface area contributed by atoms with Crippen LogP contribution in [0.1, 0.15) is 45.6 Å². The van der Waals surface area contributed by atoms with E-state index in [1.807, 2.05) is 32.4 Å². The van der Waals surface area contributed by atoms with Crippen molar-refractivity contribution in [2.24, 2.45) is 5.73 Å². The minimum Gasteiger partial charge on any atom is -0.444 e. The first-order valence-corrected chi connectivity index (χ1v) is 10.8. The summed E-state index contributed by atoms with van der Waals surface area (Å²) < 4.78 is 11.1. The lowest BCUT2D eigenvalue weighted by atomic mass is 10.1. The van der Waals surface area contributed by atoms with Gasteiger partial charge in [-0.3, -0.25) is 0 Å². The normalized spacial score (nSPS) is 12.7. The van der Waals surface area contributed by atoms with E-state index in [0.717, 1.165) is 35.9 Å². The summed E-state index contributed by atoms with van der Waals surface area (Å²) in [6.45, 7) is 6.71. The lowest BCUT2D eigenvalue weighted by molar-refractivity contribution is -0.136. The zero-order valence-corrected chi connectivity index (χ0v) is 19.3. The number of benzene rings is 1. The monoisotopic (exact) mass is 432 g/mol. The van der Waals surface area contributed by atoms with E-state index in [9.17, 15) is 9.59 Å². The molecule has 0 saturated carbocycles. The van der Waals surface area contributed by atoms with Crippen molar-refractivity contribution in [3.8, 4) is 5.75 Å². The molecule has 0 bridgehead atoms. The van der Waals surface area contributed by atoms with Crippen molar-refractivity contribution in [3.05, 3.63) is 30.0 Å². The van der Waals surface area contributed by atoms with Crippen LogP contribution >= 0.6 is 0 Å². The standard InChI is InChI=1S/C23H36N4O4/c1-23(2,3)31-22(29)26-18(9-6-7-13-24)21(28)30-19-11-8-10-17-20(19)16(15-25-17)12-14-27(4)5/h8,10-11,15,18,25H,6-7,9,12-14,24H2,1-5H3,(H,26,29). The molecule has 31 heavy (non-hydrogen) atoms. The van der Waals surface area contributed by atoms with Crippen LogP contribution in [0.4, 0.5) is 4.79 Å². The molecule has 172 valence electrons. The molecule has 1 unspecified atom stereocenters. The van der Waals surface area contributed by atoms with E-state index in [1.165, 1.54) is 0 Å². The molecule has 1 aromatic carbocycles. The van der Waals surface area contributed by atoms with Crippen molar-refractivity contribution in [1.29, 1.82) is 0 Å². The summed E-state index contributed by atoms with van der Waals surface area (Å²) >= 11 is 0. The SMILES string of the molecule is CN(C)CCc1c[nH]c2cccc(OC(=O)C(CCCCN)NC(=O)OC(C)(C)C)c12. The Bertz CT molecular complexity index is 870. The summed E-state index contributed by atoms with van der Waals surface area (Å²) in [6, 6.07) is 4.74. The fourth-order valence-electron chi connectivity index (χ4n) is 3.22. The Hall–Kier alpha value is -2.58. The number of H-pyrrole nitrogens is 1. The minimum absolute atomic E-state index is 0.422. The fourth-order valence-corrected chi connectivity index (χ4v) is 3.22. The van der Waals surface area contributed by atoms with Crippen molar-refractivity contribution in [2.45, 2.75) is 58.1 Å². The Morgan fingerprint density at radius 3 is 2.61 bits per heavy atom. The molecule has 8 heteroatoms. The molecule has 2 rings (SSSR count). The summed E-state index contributed by atoms with van der Waals surface area (Å²) in [4.78, 5) is 30.6. The molecule has 0 aliphatic rings. The summed E-state index contributed by atoms with van der Waals surface area (Å²) in [6.07, 6.45) is 3.98. The third-order valence-electron chi connectivity index (χ3n) is 4.71. The number of hydrogen-bond donors (Lipinski definition) is 3. The summed E-state index contributed by atoms with van der Waals surface area (Å²) in [7, 11) is 4.04. The van der Waals surface area contributed by atoms with Gasteiger partial charge < -0.3 is 30.4 Å². The van der Waals surface area contributed by atoms with Crippen LogP contribution in [0.15, 0.2) is 24.4 Å². The van der Waals surface area contributed by atoms with Gasteiger partial charge >= 0.3 is 12.1 Å². The first kappa shape index (κ1) is 24.7. The number of amides is 1. The van der Waals surface area contributed by atoms with Crippen LogP contribution in [0, 0.1) is 0 Å². The molecule has 0 radical (unpaired) electrons. The Balaban J connectivity index is 2.20. The number of nitrogens with one attached hydrogen (secondary N) is 2. The number of aromatic amines is 1. The second-order valence-electron chi connectivity index (χ2n) is 8.95. The van der Waals surface area contributed by atoms with Gasteiger partial charge in [-0.1, -0.05) is 6.07 Å². The lowest BCUT2D eigenvalue weighted by Crippen LogP contribution is -2.45. The van der Waals surface area contributed by atoms with Gasteiger partial charge in [-0.05, 0) is 84.8 Å². The highest BCUT2D eigenvalue weighted by Crippen LogP contribution is 2.29. The Labute approximate surface area is 184 Å². The molecule has 1 heterocycles. The van der Waals surface area contributed by atoms with Crippen molar-refractivity contribution >= 4 is 23.0 Å². The largest absolute Gasteiger partial charge is 0.444 e. The number of nitrogens with zero attached hydrogens (tertiary/aromatic N) is 1. The highest BCUT2D eigenvalue weighted by atomic mass is 16.6. The first-order chi connectivity index (χ1) is 14.6. The molecule has 1 aromatic heterocycles. The second-order valence-corrected chi connectivity index (χ2v) is 8.95. The van der Waals surface area contributed by atoms with Gasteiger partial charge in [0.25, 0.3) is 0 Å². The van der Waals surface area contributed by atoms with Crippen LogP contribution in [-0.2, 0) is 16.0 Å². The van der Waals surface area contributed by atoms with Crippen LogP contribution < -0.4 is 15.8 Å². The van der Waals surface area contributed by atoms with Gasteiger partial charge in [0.1, 0.15) is 17.4 Å². The number of carbonyl (C=O) groups is 2. The number of unbranched alkanes of at least 4 members (excludes halogenated alkanes) is 1. The van der Waals surface area contributed by atoms with Crippen molar-refractivity contribution in [1.82, 2.24) is 15.2 Å². The third-order valence-corrected chi connectivity index (χ3v) is 4.71. The van der Waals surface area contributed by atoms with Crippen molar-refractivity contribution in [2.75, 3.05) is 27.2 Å². The Kier molecular flexibility index (Phi) is 8.88. The highest BCUT2D eigenvalue weighted by Gasteiger charge is 2.26. The van der Waals surface area contributed by atoms with Crippen LogP contribution in [-0.4, -0.2) is 60.8 Å². The number of esters is 1. The Morgan fingerprint density at radius 2 is 1.97 bits per heavy atom. The molecule has 0 fully saturated rings. The van der Waals surface area contributed by atoms with Crippen LogP contribution in [0.3, 0.4) is 0 Å². The quantitative estimate of drug-likeness (QED) is 0.302. The number of carbonyl (C=O) groups excluding carboxylic acids is 2. The minimum atomic E-state index is -0.819. The van der Waals surface area contributed by atoms with E-state index >= 15 is 0 Å². The van der Waals surface area contributed by atoms with Gasteiger partial charge in [-0.2, -0.15) is 0 Å². The number of fused-ring (bicyclic) bond motifs is 1. The van der Waals surface area contributed by atoms with Gasteiger partial charge in [0.2, 0.25) is 0 Å². The maximum atomic E-state index is 13.0. The second kappa shape index (κ2) is 11.2. The van der Waals surface area contributed by atoms with Gasteiger partial charge in [0.15, 0.2) is 0 Å². The van der Waals surface area contributed by atoms with E-state index in [0.29, 0.717) is 25.1 Å². The number of likely N-dealkylation sites (N-methyl/N-ethyl adjacent to an activating group) is 1. The molecule has 1 amide bonds. The fraction of sp³-hybridized carbons (Fsp3) is 0.565. The molecular formula is C23H36N4O4. The predicted molar refractivity (Wildman–Crippen MR) is 122 cm³/mol. The van der Waals surface area contributed by atoms with Gasteiger partial charge in [-0.25, -0.2) is 9.59 Å². The van der Waals surface area contributed by atoms with Crippen LogP contribution in [0.5, 0.6) is 5.75 Å². The van der Waals surface area contributed by atoms with Gasteiger partial charge in [-0.15, -0.1) is 0 Å². The van der Waals surface area contributed by atoms with Crippen molar-refractivity contribution in [3.63, 3.8) is 0 Å². The van der Waals surface area contributed by atoms with E-state index < -0.39 is 23.7 Å². The number of ether oxygens (including phenoxy) is 2. The molecule has 0 aliphatic carbocycles. The zero-order chi connectivity index (χ0) is 23.0. The summed E-state index contributed by atoms with van der Waals surface area (Å²) in [5.74, 6) is -0.0394. The molecule has 4 N–H and O–H groups in total. The maximum absolute atomic E-state index is 13.0. The number of alkyl carbamates (subject to hydrolysis) is 1. The number of hydrogen-bond acceptors (Lipinski definition) is 6. The van der Waals surface area contributed by atoms with E-state index in [2.05, 4.69) is 15.2 Å².